The van der Waals surface area contributed by atoms with Crippen LogP contribution in [0.2, 0.25) is 0 Å². The molecule has 19 heavy (non-hydrogen) atoms. The largest absolute Gasteiger partial charge is 0.467 e. The van der Waals surface area contributed by atoms with Crippen molar-refractivity contribution in [1.29, 1.82) is 0 Å². The Morgan fingerprint density at radius 1 is 1.11 bits per heavy atom. The number of benzene rings is 1. The molecule has 0 aliphatic rings. The van der Waals surface area contributed by atoms with Gasteiger partial charge < -0.3 is 15.1 Å². The van der Waals surface area contributed by atoms with Crippen molar-refractivity contribution in [2.45, 2.75) is 6.54 Å². The van der Waals surface area contributed by atoms with Crippen molar-refractivity contribution in [3.63, 3.8) is 0 Å². The SMILES string of the molecule is O=C(NCc1ccco1)C(=O)Nc1ccccc1F. The number of para-hydroxylation sites is 1. The van der Waals surface area contributed by atoms with Gasteiger partial charge in [-0.25, -0.2) is 4.39 Å². The maximum Gasteiger partial charge on any atom is 0.313 e. The summed E-state index contributed by atoms with van der Waals surface area (Å²) in [6.45, 7) is 0.0938. The maximum atomic E-state index is 13.3. The van der Waals surface area contributed by atoms with Crippen LogP contribution in [0.1, 0.15) is 5.76 Å². The fraction of sp³-hybridized carbons (Fsp3) is 0.0769. The van der Waals surface area contributed by atoms with Gasteiger partial charge in [-0.05, 0) is 24.3 Å². The van der Waals surface area contributed by atoms with Crippen molar-refractivity contribution in [3.8, 4) is 0 Å². The Morgan fingerprint density at radius 2 is 1.89 bits per heavy atom. The highest BCUT2D eigenvalue weighted by Crippen LogP contribution is 2.11. The number of halogens is 1. The molecule has 1 aromatic carbocycles. The summed E-state index contributed by atoms with van der Waals surface area (Å²) in [6, 6.07) is 8.93. The first-order valence-electron chi connectivity index (χ1n) is 5.53. The quantitative estimate of drug-likeness (QED) is 0.826. The van der Waals surface area contributed by atoms with Crippen LogP contribution < -0.4 is 10.6 Å². The Morgan fingerprint density at radius 3 is 2.58 bits per heavy atom. The molecule has 1 aromatic heterocycles. The van der Waals surface area contributed by atoms with E-state index in [1.807, 2.05) is 0 Å². The number of amides is 2. The highest BCUT2D eigenvalue weighted by molar-refractivity contribution is 6.39. The number of furan rings is 1. The number of rotatable bonds is 3. The third-order valence-corrected chi connectivity index (χ3v) is 2.33. The lowest BCUT2D eigenvalue weighted by Gasteiger charge is -2.06. The van der Waals surface area contributed by atoms with Gasteiger partial charge in [-0.2, -0.15) is 0 Å². The van der Waals surface area contributed by atoms with Gasteiger partial charge in [-0.1, -0.05) is 12.1 Å². The molecule has 2 amide bonds. The Labute approximate surface area is 108 Å². The van der Waals surface area contributed by atoms with Gasteiger partial charge in [-0.3, -0.25) is 9.59 Å². The molecule has 6 heteroatoms. The first-order valence-corrected chi connectivity index (χ1v) is 5.53. The minimum absolute atomic E-state index is 0.0411. The first-order chi connectivity index (χ1) is 9.16. The number of anilines is 1. The smallest absolute Gasteiger partial charge is 0.313 e. The monoisotopic (exact) mass is 262 g/mol. The molecule has 0 spiro atoms. The molecule has 0 radical (unpaired) electrons. The molecule has 0 atom stereocenters. The van der Waals surface area contributed by atoms with E-state index in [4.69, 9.17) is 4.42 Å². The van der Waals surface area contributed by atoms with Crippen LogP contribution in [0, 0.1) is 5.82 Å². The van der Waals surface area contributed by atoms with Crippen LogP contribution in [0.15, 0.2) is 47.1 Å². The molecule has 2 rings (SSSR count). The first kappa shape index (κ1) is 12.8. The predicted molar refractivity (Wildman–Crippen MR) is 65.6 cm³/mol. The number of carbonyl (C=O) groups excluding carboxylic acids is 2. The number of hydrogen-bond acceptors (Lipinski definition) is 3. The zero-order chi connectivity index (χ0) is 13.7. The van der Waals surface area contributed by atoms with Crippen LogP contribution >= 0.6 is 0 Å². The molecule has 2 aromatic rings. The molecule has 0 saturated heterocycles. The summed E-state index contributed by atoms with van der Waals surface area (Å²) < 4.78 is 18.3. The standard InChI is InChI=1S/C13H11FN2O3/c14-10-5-1-2-6-11(10)16-13(18)12(17)15-8-9-4-3-7-19-9/h1-7H,8H2,(H,15,17)(H,16,18). The van der Waals surface area contributed by atoms with E-state index in [0.717, 1.165) is 0 Å². The fourth-order valence-corrected chi connectivity index (χ4v) is 1.40. The third kappa shape index (κ3) is 3.41. The van der Waals surface area contributed by atoms with Gasteiger partial charge in [0, 0.05) is 0 Å². The van der Waals surface area contributed by atoms with E-state index in [1.165, 1.54) is 24.5 Å². The molecule has 0 aliphatic heterocycles. The van der Waals surface area contributed by atoms with Crippen LogP contribution in [0.25, 0.3) is 0 Å². The van der Waals surface area contributed by atoms with Gasteiger partial charge in [0.25, 0.3) is 0 Å². The molecule has 5 nitrogen and oxygen atoms in total. The molecule has 0 bridgehead atoms. The van der Waals surface area contributed by atoms with Crippen molar-refractivity contribution in [2.24, 2.45) is 0 Å². The summed E-state index contributed by atoms with van der Waals surface area (Å²) >= 11 is 0. The van der Waals surface area contributed by atoms with Crippen molar-refractivity contribution in [2.75, 3.05) is 5.32 Å². The molecule has 0 saturated carbocycles. The van der Waals surface area contributed by atoms with Gasteiger partial charge in [0.15, 0.2) is 0 Å². The summed E-state index contributed by atoms with van der Waals surface area (Å²) in [5.41, 5.74) is -0.0411. The van der Waals surface area contributed by atoms with Crippen molar-refractivity contribution >= 4 is 17.5 Å². The molecule has 0 fully saturated rings. The van der Waals surface area contributed by atoms with E-state index < -0.39 is 17.6 Å². The second-order valence-electron chi connectivity index (χ2n) is 3.70. The summed E-state index contributed by atoms with van der Waals surface area (Å²) in [4.78, 5) is 23.0. The number of carbonyl (C=O) groups is 2. The van der Waals surface area contributed by atoms with Gasteiger partial charge in [-0.15, -0.1) is 0 Å². The Hall–Kier alpha value is -2.63. The Kier molecular flexibility index (Phi) is 3.92. The van der Waals surface area contributed by atoms with E-state index in [2.05, 4.69) is 10.6 Å². The summed E-state index contributed by atoms with van der Waals surface area (Å²) in [5.74, 6) is -1.88. The molecule has 98 valence electrons. The van der Waals surface area contributed by atoms with Crippen molar-refractivity contribution < 1.29 is 18.4 Å². The summed E-state index contributed by atoms with van der Waals surface area (Å²) in [6.07, 6.45) is 1.46. The van der Waals surface area contributed by atoms with E-state index in [0.29, 0.717) is 5.76 Å². The number of nitrogens with one attached hydrogen (secondary N) is 2. The van der Waals surface area contributed by atoms with Crippen LogP contribution in [-0.4, -0.2) is 11.8 Å². The van der Waals surface area contributed by atoms with Crippen LogP contribution in [0.4, 0.5) is 10.1 Å². The summed E-state index contributed by atoms with van der Waals surface area (Å²) in [7, 11) is 0. The topological polar surface area (TPSA) is 71.3 Å². The number of hydrogen-bond donors (Lipinski definition) is 2. The predicted octanol–water partition coefficient (Wildman–Crippen LogP) is 1.67. The van der Waals surface area contributed by atoms with Crippen LogP contribution in [-0.2, 0) is 16.1 Å². The highest BCUT2D eigenvalue weighted by atomic mass is 19.1. The normalized spacial score (nSPS) is 9.95. The lowest BCUT2D eigenvalue weighted by molar-refractivity contribution is -0.136. The Bertz CT molecular complexity index is 581. The highest BCUT2D eigenvalue weighted by Gasteiger charge is 2.15. The molecule has 0 aliphatic carbocycles. The minimum Gasteiger partial charge on any atom is -0.467 e. The zero-order valence-electron chi connectivity index (χ0n) is 9.85. The molecule has 2 N–H and O–H groups in total. The molecular formula is C13H11FN2O3. The second kappa shape index (κ2) is 5.81. The lowest BCUT2D eigenvalue weighted by atomic mass is 10.3. The Balaban J connectivity index is 1.89. The fourth-order valence-electron chi connectivity index (χ4n) is 1.40. The van der Waals surface area contributed by atoms with E-state index in [9.17, 15) is 14.0 Å². The minimum atomic E-state index is -0.934. The van der Waals surface area contributed by atoms with E-state index in [-0.39, 0.29) is 12.2 Å². The van der Waals surface area contributed by atoms with Crippen LogP contribution in [0.5, 0.6) is 0 Å². The van der Waals surface area contributed by atoms with E-state index >= 15 is 0 Å². The van der Waals surface area contributed by atoms with Crippen LogP contribution in [0.3, 0.4) is 0 Å². The summed E-state index contributed by atoms with van der Waals surface area (Å²) in [5, 5.41) is 4.54. The molecular weight excluding hydrogens is 251 g/mol. The van der Waals surface area contributed by atoms with Gasteiger partial charge in [0.2, 0.25) is 0 Å². The van der Waals surface area contributed by atoms with Gasteiger partial charge in [0.1, 0.15) is 11.6 Å². The van der Waals surface area contributed by atoms with Crippen molar-refractivity contribution in [3.05, 3.63) is 54.2 Å². The zero-order valence-corrected chi connectivity index (χ0v) is 9.85. The van der Waals surface area contributed by atoms with Gasteiger partial charge >= 0.3 is 11.8 Å². The van der Waals surface area contributed by atoms with E-state index in [1.54, 1.807) is 18.2 Å². The average molecular weight is 262 g/mol. The third-order valence-electron chi connectivity index (χ3n) is 2.33. The lowest BCUT2D eigenvalue weighted by Crippen LogP contribution is -2.35. The molecule has 0 unspecified atom stereocenters. The second-order valence-corrected chi connectivity index (χ2v) is 3.70. The maximum absolute atomic E-state index is 13.3. The molecule has 1 heterocycles. The van der Waals surface area contributed by atoms with Crippen molar-refractivity contribution in [1.82, 2.24) is 5.32 Å². The average Bonchev–Trinajstić information content (AvgIpc) is 2.91. The van der Waals surface area contributed by atoms with Gasteiger partial charge in [0.05, 0.1) is 18.5 Å².